The lowest BCUT2D eigenvalue weighted by atomic mass is 9.89. The molecule has 2 heterocycles. The fraction of sp³-hybridized carbons (Fsp3) is 0.333. The number of hydrogen-bond acceptors (Lipinski definition) is 5. The van der Waals surface area contributed by atoms with Crippen molar-refractivity contribution in [2.24, 2.45) is 0 Å². The van der Waals surface area contributed by atoms with Crippen LogP contribution in [0.2, 0.25) is 0 Å². The summed E-state index contributed by atoms with van der Waals surface area (Å²) in [6.07, 6.45) is 0.508. The molecular formula is C24H25N3O4S. The Labute approximate surface area is 190 Å². The Hall–Kier alpha value is -3.13. The second kappa shape index (κ2) is 8.78. The first kappa shape index (κ1) is 22.1. The number of piperidine rings is 1. The highest BCUT2D eigenvalue weighted by Crippen LogP contribution is 2.34. The van der Waals surface area contributed by atoms with Crippen molar-refractivity contribution >= 4 is 35.4 Å². The molecule has 0 aromatic heterocycles. The standard InChI is InChI=1S/C24H25N3O4S/c1-3-32-18-7-5-16(6-8-18)21(29)25-13-15-4-9-19-17(12-15)14-27(22(19)30)24(2)11-10-20(28)26-23(24)31/h4-9,12H,3,10-11,13-14H2,1-2H3,(H,25,29)(H,26,28,31)/t24-/m0/s1. The zero-order valence-electron chi connectivity index (χ0n) is 18.1. The minimum absolute atomic E-state index is 0.160. The summed E-state index contributed by atoms with van der Waals surface area (Å²) in [5, 5.41) is 5.26. The molecule has 0 spiro atoms. The van der Waals surface area contributed by atoms with Crippen LogP contribution in [0.1, 0.15) is 58.5 Å². The van der Waals surface area contributed by atoms with Crippen LogP contribution in [0.3, 0.4) is 0 Å². The summed E-state index contributed by atoms with van der Waals surface area (Å²) >= 11 is 1.72. The van der Waals surface area contributed by atoms with Gasteiger partial charge in [0.2, 0.25) is 5.91 Å². The van der Waals surface area contributed by atoms with Crippen molar-refractivity contribution in [1.29, 1.82) is 0 Å². The normalized spacial score (nSPS) is 20.2. The SMILES string of the molecule is CCSc1ccc(C(=O)NCc2ccc3c(c2)CN([C@@]2(C)CCC(=O)NC2=O)C3=O)cc1. The van der Waals surface area contributed by atoms with E-state index in [1.54, 1.807) is 24.8 Å². The Morgan fingerprint density at radius 1 is 1.16 bits per heavy atom. The number of rotatable bonds is 6. The van der Waals surface area contributed by atoms with Crippen molar-refractivity contribution in [3.05, 3.63) is 64.7 Å². The number of amides is 4. The summed E-state index contributed by atoms with van der Waals surface area (Å²) in [7, 11) is 0. The lowest BCUT2D eigenvalue weighted by Crippen LogP contribution is -2.61. The van der Waals surface area contributed by atoms with Crippen molar-refractivity contribution in [1.82, 2.24) is 15.5 Å². The molecule has 0 bridgehead atoms. The van der Waals surface area contributed by atoms with Gasteiger partial charge < -0.3 is 10.2 Å². The molecule has 2 aromatic carbocycles. The van der Waals surface area contributed by atoms with Crippen molar-refractivity contribution in [2.45, 2.75) is 50.2 Å². The van der Waals surface area contributed by atoms with E-state index in [9.17, 15) is 19.2 Å². The maximum absolute atomic E-state index is 13.0. The molecule has 4 rings (SSSR count). The monoisotopic (exact) mass is 451 g/mol. The third kappa shape index (κ3) is 4.14. The molecule has 0 unspecified atom stereocenters. The fourth-order valence-electron chi connectivity index (χ4n) is 4.09. The van der Waals surface area contributed by atoms with Gasteiger partial charge in [0.15, 0.2) is 0 Å². The minimum atomic E-state index is -1.05. The van der Waals surface area contributed by atoms with Crippen molar-refractivity contribution in [3.63, 3.8) is 0 Å². The Morgan fingerprint density at radius 3 is 2.59 bits per heavy atom. The van der Waals surface area contributed by atoms with Crippen LogP contribution in [0.25, 0.3) is 0 Å². The van der Waals surface area contributed by atoms with Gasteiger partial charge in [0, 0.05) is 35.5 Å². The molecule has 2 aromatic rings. The maximum atomic E-state index is 13.0. The molecule has 1 saturated heterocycles. The molecule has 166 valence electrons. The molecule has 2 N–H and O–H groups in total. The Bertz CT molecular complexity index is 1100. The first-order valence-corrected chi connectivity index (χ1v) is 11.6. The van der Waals surface area contributed by atoms with E-state index in [1.807, 2.05) is 36.4 Å². The fourth-order valence-corrected chi connectivity index (χ4v) is 4.75. The summed E-state index contributed by atoms with van der Waals surface area (Å²) in [6, 6.07) is 13.0. The van der Waals surface area contributed by atoms with Crippen LogP contribution < -0.4 is 10.6 Å². The average molecular weight is 452 g/mol. The number of carbonyl (C=O) groups is 4. The Balaban J connectivity index is 1.43. The number of fused-ring (bicyclic) bond motifs is 1. The second-order valence-corrected chi connectivity index (χ2v) is 9.51. The van der Waals surface area contributed by atoms with E-state index in [4.69, 9.17) is 0 Å². The van der Waals surface area contributed by atoms with Crippen molar-refractivity contribution in [2.75, 3.05) is 5.75 Å². The topological polar surface area (TPSA) is 95.6 Å². The molecule has 7 nitrogen and oxygen atoms in total. The van der Waals surface area contributed by atoms with Gasteiger partial charge in [-0.15, -0.1) is 11.8 Å². The number of benzene rings is 2. The largest absolute Gasteiger partial charge is 0.348 e. The highest BCUT2D eigenvalue weighted by Gasteiger charge is 2.48. The Morgan fingerprint density at radius 2 is 1.91 bits per heavy atom. The number of nitrogens with one attached hydrogen (secondary N) is 2. The van der Waals surface area contributed by atoms with Crippen LogP contribution in [0.4, 0.5) is 0 Å². The third-order valence-electron chi connectivity index (χ3n) is 6.03. The minimum Gasteiger partial charge on any atom is -0.348 e. The van der Waals surface area contributed by atoms with E-state index < -0.39 is 11.4 Å². The third-order valence-corrected chi connectivity index (χ3v) is 6.93. The molecule has 2 aliphatic heterocycles. The van der Waals surface area contributed by atoms with Gasteiger partial charge >= 0.3 is 0 Å². The number of imide groups is 1. The number of carbonyl (C=O) groups excluding carboxylic acids is 4. The summed E-state index contributed by atoms with van der Waals surface area (Å²) < 4.78 is 0. The van der Waals surface area contributed by atoms with Crippen LogP contribution in [0.15, 0.2) is 47.4 Å². The van der Waals surface area contributed by atoms with E-state index in [0.717, 1.165) is 21.8 Å². The van der Waals surface area contributed by atoms with Crippen molar-refractivity contribution in [3.8, 4) is 0 Å². The average Bonchev–Trinajstić information content (AvgIpc) is 3.12. The van der Waals surface area contributed by atoms with E-state index in [2.05, 4.69) is 17.6 Å². The summed E-state index contributed by atoms with van der Waals surface area (Å²) in [5.74, 6) is -0.148. The summed E-state index contributed by atoms with van der Waals surface area (Å²) in [6.45, 7) is 4.41. The molecule has 8 heteroatoms. The van der Waals surface area contributed by atoms with Gasteiger partial charge in [-0.1, -0.05) is 19.1 Å². The molecule has 1 fully saturated rings. The van der Waals surface area contributed by atoms with Gasteiger partial charge in [-0.05, 0) is 60.6 Å². The zero-order valence-corrected chi connectivity index (χ0v) is 18.9. The van der Waals surface area contributed by atoms with Gasteiger partial charge in [-0.25, -0.2) is 0 Å². The van der Waals surface area contributed by atoms with E-state index in [1.165, 1.54) is 4.90 Å². The van der Waals surface area contributed by atoms with Gasteiger partial charge in [0.05, 0.1) is 0 Å². The molecule has 1 atom stereocenters. The van der Waals surface area contributed by atoms with Gasteiger partial charge in [0.1, 0.15) is 5.54 Å². The molecule has 0 saturated carbocycles. The quantitative estimate of drug-likeness (QED) is 0.520. The molecular weight excluding hydrogens is 426 g/mol. The predicted molar refractivity (Wildman–Crippen MR) is 121 cm³/mol. The van der Waals surface area contributed by atoms with Crippen LogP contribution >= 0.6 is 11.8 Å². The van der Waals surface area contributed by atoms with E-state index in [-0.39, 0.29) is 24.1 Å². The Kier molecular flexibility index (Phi) is 6.06. The summed E-state index contributed by atoms with van der Waals surface area (Å²) in [4.78, 5) is 52.1. The first-order valence-electron chi connectivity index (χ1n) is 10.6. The number of nitrogens with zero attached hydrogens (tertiary/aromatic N) is 1. The molecule has 0 radical (unpaired) electrons. The smallest absolute Gasteiger partial charge is 0.255 e. The van der Waals surface area contributed by atoms with Crippen molar-refractivity contribution < 1.29 is 19.2 Å². The van der Waals surface area contributed by atoms with E-state index >= 15 is 0 Å². The highest BCUT2D eigenvalue weighted by atomic mass is 32.2. The first-order chi connectivity index (χ1) is 15.3. The maximum Gasteiger partial charge on any atom is 0.255 e. The van der Waals surface area contributed by atoms with E-state index in [0.29, 0.717) is 30.6 Å². The van der Waals surface area contributed by atoms with Crippen LogP contribution in [0.5, 0.6) is 0 Å². The van der Waals surface area contributed by atoms with Crippen LogP contribution in [-0.4, -0.2) is 39.8 Å². The summed E-state index contributed by atoms with van der Waals surface area (Å²) in [5.41, 5.74) is 1.78. The van der Waals surface area contributed by atoms with Crippen LogP contribution in [-0.2, 0) is 22.7 Å². The van der Waals surface area contributed by atoms with Gasteiger partial charge in [-0.3, -0.25) is 24.5 Å². The lowest BCUT2D eigenvalue weighted by molar-refractivity contribution is -0.142. The van der Waals surface area contributed by atoms with Gasteiger partial charge in [0.25, 0.3) is 17.7 Å². The predicted octanol–water partition coefficient (Wildman–Crippen LogP) is 2.88. The molecule has 32 heavy (non-hydrogen) atoms. The number of thioether (sulfide) groups is 1. The van der Waals surface area contributed by atoms with Gasteiger partial charge in [-0.2, -0.15) is 0 Å². The molecule has 0 aliphatic carbocycles. The van der Waals surface area contributed by atoms with Crippen LogP contribution in [0, 0.1) is 0 Å². The molecule has 2 aliphatic rings. The second-order valence-electron chi connectivity index (χ2n) is 8.17. The lowest BCUT2D eigenvalue weighted by Gasteiger charge is -2.39. The number of hydrogen-bond donors (Lipinski definition) is 2. The highest BCUT2D eigenvalue weighted by molar-refractivity contribution is 7.99. The zero-order chi connectivity index (χ0) is 22.9. The molecule has 4 amide bonds.